The largest absolute Gasteiger partial charge is 0.317 e. The minimum absolute atomic E-state index is 1.03. The van der Waals surface area contributed by atoms with E-state index in [9.17, 15) is 0 Å². The highest BCUT2D eigenvalue weighted by atomic mass is 14.8. The van der Waals surface area contributed by atoms with E-state index in [-0.39, 0.29) is 0 Å². The van der Waals surface area contributed by atoms with E-state index in [0.29, 0.717) is 0 Å². The monoisotopic (exact) mass is 167 g/mol. The second kappa shape index (κ2) is 3.78. The number of rotatable bonds is 3. The van der Waals surface area contributed by atoms with Crippen LogP contribution in [0.25, 0.3) is 0 Å². The summed E-state index contributed by atoms with van der Waals surface area (Å²) in [4.78, 5) is 0. The Hall–Kier alpha value is -0.0400. The van der Waals surface area contributed by atoms with E-state index in [4.69, 9.17) is 0 Å². The molecular weight excluding hydrogens is 146 g/mol. The fourth-order valence-corrected chi connectivity index (χ4v) is 3.10. The summed E-state index contributed by atoms with van der Waals surface area (Å²) < 4.78 is 0. The maximum Gasteiger partial charge on any atom is -0.00179 e. The van der Waals surface area contributed by atoms with Gasteiger partial charge < -0.3 is 5.32 Å². The first-order valence-corrected chi connectivity index (χ1v) is 5.61. The Labute approximate surface area is 75.9 Å². The van der Waals surface area contributed by atoms with E-state index >= 15 is 0 Å². The Kier molecular flexibility index (Phi) is 2.69. The second-order valence-electron chi connectivity index (χ2n) is 4.58. The summed E-state index contributed by atoms with van der Waals surface area (Å²) >= 11 is 0. The van der Waals surface area contributed by atoms with Crippen molar-refractivity contribution in [2.75, 3.05) is 13.1 Å². The molecule has 3 fully saturated rings. The first kappa shape index (κ1) is 8.55. The van der Waals surface area contributed by atoms with Crippen LogP contribution in [0.5, 0.6) is 0 Å². The van der Waals surface area contributed by atoms with Crippen LogP contribution < -0.4 is 5.32 Å². The summed E-state index contributed by atoms with van der Waals surface area (Å²) in [6.45, 7) is 4.65. The molecule has 0 radical (unpaired) electrons. The van der Waals surface area contributed by atoms with Crippen molar-refractivity contribution in [3.05, 3.63) is 0 Å². The molecule has 1 heteroatoms. The highest BCUT2D eigenvalue weighted by Gasteiger charge is 2.34. The molecule has 0 saturated heterocycles. The standard InChI is InChI=1S/C11H21N/c1-2-12-8-11-7-9-3-5-10(11)6-4-9/h9-12H,2-8H2,1H3. The number of fused-ring (bicyclic) bond motifs is 3. The number of hydrogen-bond acceptors (Lipinski definition) is 1. The SMILES string of the molecule is CCNCC1CC2CCC1CC2. The van der Waals surface area contributed by atoms with Gasteiger partial charge in [-0.2, -0.15) is 0 Å². The van der Waals surface area contributed by atoms with Gasteiger partial charge in [0.1, 0.15) is 0 Å². The molecule has 0 aromatic heterocycles. The maximum atomic E-state index is 3.50. The van der Waals surface area contributed by atoms with Crippen molar-refractivity contribution in [3.8, 4) is 0 Å². The van der Waals surface area contributed by atoms with Gasteiger partial charge >= 0.3 is 0 Å². The Morgan fingerprint density at radius 3 is 2.42 bits per heavy atom. The van der Waals surface area contributed by atoms with Gasteiger partial charge in [0, 0.05) is 0 Å². The first-order valence-electron chi connectivity index (χ1n) is 5.61. The van der Waals surface area contributed by atoms with Crippen LogP contribution in [-0.2, 0) is 0 Å². The predicted octanol–water partition coefficient (Wildman–Crippen LogP) is 2.42. The predicted molar refractivity (Wildman–Crippen MR) is 52.1 cm³/mol. The molecule has 0 spiro atoms. The molecule has 0 aromatic carbocycles. The van der Waals surface area contributed by atoms with Crippen LogP contribution in [0.1, 0.15) is 39.0 Å². The van der Waals surface area contributed by atoms with Gasteiger partial charge in [0.2, 0.25) is 0 Å². The molecule has 3 aliphatic carbocycles. The van der Waals surface area contributed by atoms with Gasteiger partial charge in [-0.25, -0.2) is 0 Å². The minimum atomic E-state index is 1.03. The lowest BCUT2D eigenvalue weighted by atomic mass is 9.65. The quantitative estimate of drug-likeness (QED) is 0.680. The van der Waals surface area contributed by atoms with Gasteiger partial charge in [0.25, 0.3) is 0 Å². The van der Waals surface area contributed by atoms with E-state index < -0.39 is 0 Å². The average molecular weight is 167 g/mol. The van der Waals surface area contributed by atoms with Gasteiger partial charge in [-0.1, -0.05) is 19.8 Å². The average Bonchev–Trinajstić information content (AvgIpc) is 2.17. The van der Waals surface area contributed by atoms with Crippen LogP contribution in [0.2, 0.25) is 0 Å². The van der Waals surface area contributed by atoms with E-state index in [1.165, 1.54) is 38.6 Å². The highest BCUT2D eigenvalue weighted by Crippen LogP contribution is 2.44. The fourth-order valence-electron chi connectivity index (χ4n) is 3.10. The fraction of sp³-hybridized carbons (Fsp3) is 1.00. The first-order chi connectivity index (χ1) is 5.90. The molecule has 3 saturated carbocycles. The molecule has 70 valence electrons. The van der Waals surface area contributed by atoms with Gasteiger partial charge in [0.15, 0.2) is 0 Å². The van der Waals surface area contributed by atoms with Crippen LogP contribution >= 0.6 is 0 Å². The van der Waals surface area contributed by atoms with E-state index in [2.05, 4.69) is 12.2 Å². The molecular formula is C11H21N. The third-order valence-corrected chi connectivity index (χ3v) is 3.85. The van der Waals surface area contributed by atoms with Crippen LogP contribution in [0.3, 0.4) is 0 Å². The lowest BCUT2D eigenvalue weighted by Gasteiger charge is -2.42. The minimum Gasteiger partial charge on any atom is -0.317 e. The Morgan fingerprint density at radius 2 is 1.92 bits per heavy atom. The molecule has 3 aliphatic rings. The van der Waals surface area contributed by atoms with Crippen LogP contribution in [0, 0.1) is 17.8 Å². The van der Waals surface area contributed by atoms with Gasteiger partial charge in [-0.05, 0) is 50.1 Å². The van der Waals surface area contributed by atoms with Crippen molar-refractivity contribution in [2.24, 2.45) is 17.8 Å². The van der Waals surface area contributed by atoms with Crippen molar-refractivity contribution in [1.29, 1.82) is 0 Å². The zero-order valence-electron chi connectivity index (χ0n) is 8.18. The lowest BCUT2D eigenvalue weighted by molar-refractivity contribution is 0.0986. The highest BCUT2D eigenvalue weighted by molar-refractivity contribution is 4.86. The zero-order valence-corrected chi connectivity index (χ0v) is 8.18. The molecule has 2 bridgehead atoms. The Morgan fingerprint density at radius 1 is 1.17 bits per heavy atom. The van der Waals surface area contributed by atoms with Gasteiger partial charge in [-0.15, -0.1) is 0 Å². The number of nitrogens with one attached hydrogen (secondary N) is 1. The van der Waals surface area contributed by atoms with Crippen molar-refractivity contribution in [3.63, 3.8) is 0 Å². The molecule has 0 amide bonds. The van der Waals surface area contributed by atoms with Crippen molar-refractivity contribution >= 4 is 0 Å². The Balaban J connectivity index is 1.82. The Bertz CT molecular complexity index is 136. The summed E-state index contributed by atoms with van der Waals surface area (Å²) in [7, 11) is 0. The van der Waals surface area contributed by atoms with Crippen molar-refractivity contribution < 1.29 is 0 Å². The molecule has 12 heavy (non-hydrogen) atoms. The smallest absolute Gasteiger partial charge is 0.00179 e. The molecule has 3 rings (SSSR count). The molecule has 1 N–H and O–H groups in total. The molecule has 0 heterocycles. The third-order valence-electron chi connectivity index (χ3n) is 3.85. The molecule has 0 aliphatic heterocycles. The van der Waals surface area contributed by atoms with E-state index in [1.807, 2.05) is 0 Å². The summed E-state index contributed by atoms with van der Waals surface area (Å²) in [5.74, 6) is 3.20. The molecule has 1 nitrogen and oxygen atoms in total. The van der Waals surface area contributed by atoms with Gasteiger partial charge in [0.05, 0.1) is 0 Å². The van der Waals surface area contributed by atoms with Crippen molar-refractivity contribution in [2.45, 2.75) is 39.0 Å². The molecule has 0 aromatic rings. The third kappa shape index (κ3) is 1.66. The van der Waals surface area contributed by atoms with Gasteiger partial charge in [-0.3, -0.25) is 0 Å². The second-order valence-corrected chi connectivity index (χ2v) is 4.58. The maximum absolute atomic E-state index is 3.50. The van der Waals surface area contributed by atoms with Crippen LogP contribution in [0.4, 0.5) is 0 Å². The van der Waals surface area contributed by atoms with E-state index in [0.717, 1.165) is 24.3 Å². The number of hydrogen-bond donors (Lipinski definition) is 1. The van der Waals surface area contributed by atoms with Crippen molar-refractivity contribution in [1.82, 2.24) is 5.32 Å². The summed E-state index contributed by atoms with van der Waals surface area (Å²) in [5.41, 5.74) is 0. The summed E-state index contributed by atoms with van der Waals surface area (Å²) in [5, 5.41) is 3.50. The van der Waals surface area contributed by atoms with Crippen LogP contribution in [-0.4, -0.2) is 13.1 Å². The van der Waals surface area contributed by atoms with Crippen LogP contribution in [0.15, 0.2) is 0 Å². The molecule has 1 unspecified atom stereocenters. The normalized spacial score (nSPS) is 40.2. The zero-order chi connectivity index (χ0) is 8.39. The van der Waals surface area contributed by atoms with E-state index in [1.54, 1.807) is 0 Å². The summed E-state index contributed by atoms with van der Waals surface area (Å²) in [6.07, 6.45) is 7.65. The lowest BCUT2D eigenvalue weighted by Crippen LogP contribution is -2.37. The summed E-state index contributed by atoms with van der Waals surface area (Å²) in [6, 6.07) is 0. The topological polar surface area (TPSA) is 12.0 Å². The molecule has 1 atom stereocenters.